The topological polar surface area (TPSA) is 114 Å². The predicted molar refractivity (Wildman–Crippen MR) is 108 cm³/mol. The number of ether oxygens (including phenoxy) is 2. The standard InChI is InChI=1S/C20H23N3O6.ClH/c24-16-5-4-14(18(25)22-16)23-19(26)13-2-1-3-15(17(13)20(23)27)29-11-10-28-12-6-8-21-9-7-12;/h1-3,12,14,21H,4-11H2,(H,22,24,25);1H. The molecule has 2 saturated heterocycles. The van der Waals surface area contributed by atoms with Crippen molar-refractivity contribution >= 4 is 36.0 Å². The van der Waals surface area contributed by atoms with Crippen LogP contribution in [0.3, 0.4) is 0 Å². The fourth-order valence-electron chi connectivity index (χ4n) is 3.93. The number of carbonyl (C=O) groups excluding carboxylic acids is 4. The lowest BCUT2D eigenvalue weighted by Crippen LogP contribution is -2.54. The summed E-state index contributed by atoms with van der Waals surface area (Å²) in [6, 6.07) is 3.82. The van der Waals surface area contributed by atoms with Gasteiger partial charge in [-0.3, -0.25) is 29.4 Å². The van der Waals surface area contributed by atoms with Gasteiger partial charge in [-0.25, -0.2) is 0 Å². The molecule has 0 radical (unpaired) electrons. The van der Waals surface area contributed by atoms with Gasteiger partial charge >= 0.3 is 0 Å². The van der Waals surface area contributed by atoms with Crippen molar-refractivity contribution in [2.75, 3.05) is 26.3 Å². The zero-order valence-electron chi connectivity index (χ0n) is 16.3. The summed E-state index contributed by atoms with van der Waals surface area (Å²) in [4.78, 5) is 50.2. The maximum Gasteiger partial charge on any atom is 0.266 e. The Labute approximate surface area is 179 Å². The number of carbonyl (C=O) groups is 4. The summed E-state index contributed by atoms with van der Waals surface area (Å²) in [5.74, 6) is -1.86. The van der Waals surface area contributed by atoms with Crippen LogP contribution in [0.15, 0.2) is 18.2 Å². The lowest BCUT2D eigenvalue weighted by molar-refractivity contribution is -0.136. The molecule has 30 heavy (non-hydrogen) atoms. The number of halogens is 1. The molecule has 0 aromatic heterocycles. The fraction of sp³-hybridized carbons (Fsp3) is 0.500. The highest BCUT2D eigenvalue weighted by molar-refractivity contribution is 6.24. The molecule has 162 valence electrons. The molecule has 0 saturated carbocycles. The normalized spacial score (nSPS) is 21.9. The summed E-state index contributed by atoms with van der Waals surface area (Å²) >= 11 is 0. The van der Waals surface area contributed by atoms with Crippen molar-refractivity contribution in [2.45, 2.75) is 37.8 Å². The lowest BCUT2D eigenvalue weighted by Gasteiger charge is -2.27. The van der Waals surface area contributed by atoms with Crippen LogP contribution in [0.1, 0.15) is 46.4 Å². The van der Waals surface area contributed by atoms with E-state index in [4.69, 9.17) is 9.47 Å². The minimum Gasteiger partial charge on any atom is -0.490 e. The van der Waals surface area contributed by atoms with E-state index in [1.807, 2.05) is 0 Å². The Morgan fingerprint density at radius 3 is 2.50 bits per heavy atom. The maximum atomic E-state index is 13.0. The molecular weight excluding hydrogens is 414 g/mol. The van der Waals surface area contributed by atoms with Gasteiger partial charge in [0.25, 0.3) is 11.8 Å². The highest BCUT2D eigenvalue weighted by atomic mass is 35.5. The third-order valence-corrected chi connectivity index (χ3v) is 5.41. The molecular formula is C20H24ClN3O6. The SMILES string of the molecule is Cl.O=C1CCC(N2C(=O)c3cccc(OCCOC4CCNCC4)c3C2=O)C(=O)N1. The number of benzene rings is 1. The van der Waals surface area contributed by atoms with Crippen LogP contribution in [0.5, 0.6) is 5.75 Å². The first kappa shape index (κ1) is 22.2. The summed E-state index contributed by atoms with van der Waals surface area (Å²) in [5.41, 5.74) is 0.362. The average Bonchev–Trinajstić information content (AvgIpc) is 2.98. The van der Waals surface area contributed by atoms with E-state index in [-0.39, 0.29) is 49.1 Å². The van der Waals surface area contributed by atoms with Crippen LogP contribution in [0.2, 0.25) is 0 Å². The number of hydrogen-bond donors (Lipinski definition) is 2. The van der Waals surface area contributed by atoms with Crippen molar-refractivity contribution in [1.82, 2.24) is 15.5 Å². The average molecular weight is 438 g/mol. The first-order chi connectivity index (χ1) is 14.1. The predicted octanol–water partition coefficient (Wildman–Crippen LogP) is 0.657. The second-order valence-corrected chi connectivity index (χ2v) is 7.29. The molecule has 1 aromatic rings. The molecule has 1 atom stereocenters. The number of fused-ring (bicyclic) bond motifs is 1. The van der Waals surface area contributed by atoms with E-state index in [1.165, 1.54) is 0 Å². The molecule has 0 spiro atoms. The number of imide groups is 2. The number of amides is 4. The highest BCUT2D eigenvalue weighted by Gasteiger charge is 2.45. The van der Waals surface area contributed by atoms with Crippen LogP contribution in [0.25, 0.3) is 0 Å². The van der Waals surface area contributed by atoms with E-state index in [9.17, 15) is 19.2 Å². The molecule has 2 N–H and O–H groups in total. The maximum absolute atomic E-state index is 13.0. The van der Waals surface area contributed by atoms with Crippen molar-refractivity contribution < 1.29 is 28.7 Å². The number of nitrogens with zero attached hydrogens (tertiary/aromatic N) is 1. The van der Waals surface area contributed by atoms with Crippen molar-refractivity contribution in [3.8, 4) is 5.75 Å². The Kier molecular flexibility index (Phi) is 7.06. The number of piperidine rings is 2. The van der Waals surface area contributed by atoms with Crippen LogP contribution in [-0.2, 0) is 14.3 Å². The van der Waals surface area contributed by atoms with E-state index in [2.05, 4.69) is 10.6 Å². The molecule has 10 heteroatoms. The monoisotopic (exact) mass is 437 g/mol. The summed E-state index contributed by atoms with van der Waals surface area (Å²) in [5, 5.41) is 5.46. The van der Waals surface area contributed by atoms with Gasteiger partial charge in [-0.05, 0) is 44.5 Å². The third-order valence-electron chi connectivity index (χ3n) is 5.41. The van der Waals surface area contributed by atoms with E-state index < -0.39 is 29.7 Å². The zero-order chi connectivity index (χ0) is 20.4. The number of rotatable bonds is 6. The fourth-order valence-corrected chi connectivity index (χ4v) is 3.93. The summed E-state index contributed by atoms with van der Waals surface area (Å²) in [6.07, 6.45) is 2.31. The number of nitrogens with one attached hydrogen (secondary N) is 2. The quantitative estimate of drug-likeness (QED) is 0.496. The van der Waals surface area contributed by atoms with Gasteiger partial charge in [-0.2, -0.15) is 0 Å². The minimum atomic E-state index is -0.990. The van der Waals surface area contributed by atoms with Gasteiger partial charge in [0.05, 0.1) is 23.8 Å². The van der Waals surface area contributed by atoms with Crippen LogP contribution in [0, 0.1) is 0 Å². The second-order valence-electron chi connectivity index (χ2n) is 7.29. The van der Waals surface area contributed by atoms with Crippen molar-refractivity contribution in [3.05, 3.63) is 29.3 Å². The summed E-state index contributed by atoms with van der Waals surface area (Å²) < 4.78 is 11.5. The van der Waals surface area contributed by atoms with E-state index in [1.54, 1.807) is 18.2 Å². The zero-order valence-corrected chi connectivity index (χ0v) is 17.2. The molecule has 3 heterocycles. The molecule has 4 amide bonds. The van der Waals surface area contributed by atoms with Crippen LogP contribution < -0.4 is 15.4 Å². The van der Waals surface area contributed by atoms with Crippen LogP contribution >= 0.6 is 12.4 Å². The molecule has 0 aliphatic carbocycles. The smallest absolute Gasteiger partial charge is 0.266 e. The van der Waals surface area contributed by atoms with Gasteiger partial charge in [0.15, 0.2) is 0 Å². The lowest BCUT2D eigenvalue weighted by atomic mass is 10.0. The van der Waals surface area contributed by atoms with Crippen LogP contribution in [0.4, 0.5) is 0 Å². The van der Waals surface area contributed by atoms with E-state index in [0.717, 1.165) is 30.8 Å². The van der Waals surface area contributed by atoms with Crippen molar-refractivity contribution in [1.29, 1.82) is 0 Å². The Hall–Kier alpha value is -2.49. The summed E-state index contributed by atoms with van der Waals surface area (Å²) in [6.45, 7) is 2.50. The van der Waals surface area contributed by atoms with Gasteiger partial charge in [0, 0.05) is 6.42 Å². The molecule has 1 unspecified atom stereocenters. The van der Waals surface area contributed by atoms with E-state index in [0.29, 0.717) is 12.4 Å². The van der Waals surface area contributed by atoms with Gasteiger partial charge < -0.3 is 14.8 Å². The molecule has 3 aliphatic heterocycles. The Balaban J connectivity index is 0.00000256. The molecule has 1 aromatic carbocycles. The largest absolute Gasteiger partial charge is 0.490 e. The third kappa shape index (κ3) is 4.33. The highest BCUT2D eigenvalue weighted by Crippen LogP contribution is 2.33. The van der Waals surface area contributed by atoms with E-state index >= 15 is 0 Å². The van der Waals surface area contributed by atoms with Crippen LogP contribution in [-0.4, -0.2) is 67.0 Å². The van der Waals surface area contributed by atoms with Gasteiger partial charge in [-0.1, -0.05) is 6.07 Å². The second kappa shape index (κ2) is 9.55. The minimum absolute atomic E-state index is 0. The molecule has 2 fully saturated rings. The Morgan fingerprint density at radius 2 is 1.77 bits per heavy atom. The van der Waals surface area contributed by atoms with Gasteiger partial charge in [0.1, 0.15) is 18.4 Å². The number of hydrogen-bond acceptors (Lipinski definition) is 7. The first-order valence-electron chi connectivity index (χ1n) is 9.86. The Morgan fingerprint density at radius 1 is 1.00 bits per heavy atom. The Bertz CT molecular complexity index is 855. The molecule has 0 bridgehead atoms. The van der Waals surface area contributed by atoms with Crippen molar-refractivity contribution in [3.63, 3.8) is 0 Å². The summed E-state index contributed by atoms with van der Waals surface area (Å²) in [7, 11) is 0. The first-order valence-corrected chi connectivity index (χ1v) is 9.86. The molecule has 3 aliphatic rings. The van der Waals surface area contributed by atoms with Crippen molar-refractivity contribution in [2.24, 2.45) is 0 Å². The van der Waals surface area contributed by atoms with Gasteiger partial charge in [-0.15, -0.1) is 12.4 Å². The molecule has 4 rings (SSSR count). The molecule has 9 nitrogen and oxygen atoms in total. The van der Waals surface area contributed by atoms with Gasteiger partial charge in [0.2, 0.25) is 11.8 Å².